The van der Waals surface area contributed by atoms with Crippen molar-refractivity contribution >= 4 is 28.3 Å². The highest BCUT2D eigenvalue weighted by Gasteiger charge is 2.05. The van der Waals surface area contributed by atoms with E-state index >= 15 is 0 Å². The number of carbonyl (C=O) groups is 1. The van der Waals surface area contributed by atoms with Crippen LogP contribution in [0, 0.1) is 0 Å². The molecule has 2 amide bonds. The van der Waals surface area contributed by atoms with Gasteiger partial charge in [0.05, 0.1) is 16.2 Å². The van der Waals surface area contributed by atoms with Crippen LogP contribution in [0.3, 0.4) is 0 Å². The molecule has 5 nitrogen and oxygen atoms in total. The smallest absolute Gasteiger partial charge is 0.315 e. The molecule has 0 saturated carbocycles. The molecule has 0 aliphatic heterocycles. The first-order valence-electron chi connectivity index (χ1n) is 8.04. The van der Waals surface area contributed by atoms with Crippen molar-refractivity contribution in [2.75, 3.05) is 6.54 Å². The van der Waals surface area contributed by atoms with Crippen molar-refractivity contribution in [1.29, 1.82) is 0 Å². The summed E-state index contributed by atoms with van der Waals surface area (Å²) in [5.41, 5.74) is 2.97. The van der Waals surface area contributed by atoms with E-state index in [2.05, 4.69) is 32.9 Å². The summed E-state index contributed by atoms with van der Waals surface area (Å²) in [7, 11) is 0. The van der Waals surface area contributed by atoms with Crippen LogP contribution in [0.4, 0.5) is 4.79 Å². The number of aromatic nitrogens is 2. The summed E-state index contributed by atoms with van der Waals surface area (Å²) in [6, 6.07) is 9.74. The number of fused-ring (bicyclic) bond motifs is 1. The van der Waals surface area contributed by atoms with Crippen molar-refractivity contribution in [3.8, 4) is 0 Å². The van der Waals surface area contributed by atoms with Crippen LogP contribution in [-0.2, 0) is 19.4 Å². The minimum Gasteiger partial charge on any atom is -0.338 e. The molecule has 124 valence electrons. The quantitative estimate of drug-likeness (QED) is 0.723. The molecule has 0 aliphatic rings. The summed E-state index contributed by atoms with van der Waals surface area (Å²) in [6.07, 6.45) is 3.47. The largest absolute Gasteiger partial charge is 0.338 e. The molecular formula is C18H20N4OS. The van der Waals surface area contributed by atoms with E-state index in [9.17, 15) is 4.79 Å². The Labute approximate surface area is 145 Å². The Hall–Kier alpha value is -2.47. The van der Waals surface area contributed by atoms with E-state index in [0.717, 1.165) is 40.0 Å². The van der Waals surface area contributed by atoms with Crippen LogP contribution in [-0.4, -0.2) is 22.5 Å². The highest BCUT2D eigenvalue weighted by atomic mass is 32.1. The highest BCUT2D eigenvalue weighted by Crippen LogP contribution is 2.15. The van der Waals surface area contributed by atoms with Crippen molar-refractivity contribution in [1.82, 2.24) is 20.6 Å². The molecule has 2 N–H and O–H groups in total. The normalized spacial score (nSPS) is 10.7. The van der Waals surface area contributed by atoms with Crippen LogP contribution in [0.15, 0.2) is 41.9 Å². The maximum absolute atomic E-state index is 11.9. The van der Waals surface area contributed by atoms with Gasteiger partial charge in [-0.1, -0.05) is 31.2 Å². The third-order valence-electron chi connectivity index (χ3n) is 3.72. The summed E-state index contributed by atoms with van der Waals surface area (Å²) in [6.45, 7) is 3.12. The second-order valence-electron chi connectivity index (χ2n) is 5.44. The zero-order valence-corrected chi connectivity index (χ0v) is 14.4. The van der Waals surface area contributed by atoms with Gasteiger partial charge in [0.25, 0.3) is 0 Å². The number of thiazole rings is 1. The molecule has 1 aromatic carbocycles. The van der Waals surface area contributed by atoms with Crippen LogP contribution in [0.25, 0.3) is 10.9 Å². The standard InChI is InChI=1S/C18H20N4OS/c1-2-16-22-15(12-24-16)8-10-20-18(23)21-11-14-6-3-5-13-7-4-9-19-17(13)14/h3-7,9,12H,2,8,10-11H2,1H3,(H2,20,21,23). The van der Waals surface area contributed by atoms with Gasteiger partial charge in [-0.15, -0.1) is 11.3 Å². The summed E-state index contributed by atoms with van der Waals surface area (Å²) in [5, 5.41) is 10.0. The average Bonchev–Trinajstić information content (AvgIpc) is 3.08. The number of nitrogens with one attached hydrogen (secondary N) is 2. The van der Waals surface area contributed by atoms with E-state index in [0.29, 0.717) is 13.1 Å². The van der Waals surface area contributed by atoms with E-state index in [1.807, 2.05) is 30.3 Å². The minimum absolute atomic E-state index is 0.172. The molecule has 24 heavy (non-hydrogen) atoms. The Morgan fingerprint density at radius 2 is 2.08 bits per heavy atom. The molecule has 0 bridgehead atoms. The monoisotopic (exact) mass is 340 g/mol. The predicted octanol–water partition coefficient (Wildman–Crippen LogP) is 3.30. The second-order valence-corrected chi connectivity index (χ2v) is 6.38. The third-order valence-corrected chi connectivity index (χ3v) is 4.77. The predicted molar refractivity (Wildman–Crippen MR) is 97.2 cm³/mol. The first-order valence-corrected chi connectivity index (χ1v) is 8.92. The number of urea groups is 1. The number of hydrogen-bond donors (Lipinski definition) is 2. The number of benzene rings is 1. The molecule has 3 aromatic rings. The molecule has 6 heteroatoms. The molecule has 0 atom stereocenters. The molecule has 2 aromatic heterocycles. The zero-order chi connectivity index (χ0) is 16.8. The number of carbonyl (C=O) groups excluding carboxylic acids is 1. The van der Waals surface area contributed by atoms with E-state index in [-0.39, 0.29) is 6.03 Å². The lowest BCUT2D eigenvalue weighted by molar-refractivity contribution is 0.240. The number of rotatable bonds is 6. The molecule has 0 aliphatic carbocycles. The van der Waals surface area contributed by atoms with Gasteiger partial charge in [0, 0.05) is 36.5 Å². The van der Waals surface area contributed by atoms with Crippen LogP contribution < -0.4 is 10.6 Å². The van der Waals surface area contributed by atoms with Crippen molar-refractivity contribution in [2.45, 2.75) is 26.3 Å². The number of hydrogen-bond acceptors (Lipinski definition) is 4. The summed E-state index contributed by atoms with van der Waals surface area (Å²) < 4.78 is 0. The van der Waals surface area contributed by atoms with Gasteiger partial charge in [0.1, 0.15) is 0 Å². The van der Waals surface area contributed by atoms with Crippen molar-refractivity contribution < 1.29 is 4.79 Å². The fourth-order valence-corrected chi connectivity index (χ4v) is 3.26. The fraction of sp³-hybridized carbons (Fsp3) is 0.278. The van der Waals surface area contributed by atoms with E-state index in [1.54, 1.807) is 17.5 Å². The number of nitrogens with zero attached hydrogens (tertiary/aromatic N) is 2. The summed E-state index contributed by atoms with van der Waals surface area (Å²) >= 11 is 1.67. The Morgan fingerprint density at radius 1 is 1.21 bits per heavy atom. The van der Waals surface area contributed by atoms with Gasteiger partial charge >= 0.3 is 6.03 Å². The third kappa shape index (κ3) is 4.08. The number of amides is 2. The van der Waals surface area contributed by atoms with Gasteiger partial charge in [-0.05, 0) is 18.1 Å². The van der Waals surface area contributed by atoms with Crippen molar-refractivity contribution in [2.24, 2.45) is 0 Å². The van der Waals surface area contributed by atoms with E-state index < -0.39 is 0 Å². The van der Waals surface area contributed by atoms with Gasteiger partial charge in [0.2, 0.25) is 0 Å². The first-order chi connectivity index (χ1) is 11.8. The number of pyridine rings is 1. The van der Waals surface area contributed by atoms with Gasteiger partial charge in [0.15, 0.2) is 0 Å². The van der Waals surface area contributed by atoms with Gasteiger partial charge in [-0.25, -0.2) is 9.78 Å². The Bertz CT molecular complexity index is 825. The first kappa shape index (κ1) is 16.4. The lowest BCUT2D eigenvalue weighted by atomic mass is 10.1. The minimum atomic E-state index is -0.172. The van der Waals surface area contributed by atoms with Crippen molar-refractivity contribution in [3.05, 3.63) is 58.2 Å². The molecular weight excluding hydrogens is 320 g/mol. The SMILES string of the molecule is CCc1nc(CCNC(=O)NCc2cccc3cccnc23)cs1. The second kappa shape index (κ2) is 7.88. The van der Waals surface area contributed by atoms with Crippen LogP contribution in [0.1, 0.15) is 23.2 Å². The molecule has 0 fully saturated rings. The molecule has 2 heterocycles. The van der Waals surface area contributed by atoms with Gasteiger partial charge < -0.3 is 10.6 Å². The molecule has 0 unspecified atom stereocenters. The summed E-state index contributed by atoms with van der Waals surface area (Å²) in [4.78, 5) is 20.8. The molecule has 3 rings (SSSR count). The maximum Gasteiger partial charge on any atom is 0.315 e. The average molecular weight is 340 g/mol. The Balaban J connectivity index is 1.48. The van der Waals surface area contributed by atoms with Gasteiger partial charge in [-0.3, -0.25) is 4.98 Å². The van der Waals surface area contributed by atoms with Crippen LogP contribution >= 0.6 is 11.3 Å². The zero-order valence-electron chi connectivity index (χ0n) is 13.6. The maximum atomic E-state index is 11.9. The fourth-order valence-electron chi connectivity index (χ4n) is 2.48. The van der Waals surface area contributed by atoms with E-state index in [4.69, 9.17) is 0 Å². The van der Waals surface area contributed by atoms with Gasteiger partial charge in [-0.2, -0.15) is 0 Å². The Morgan fingerprint density at radius 3 is 2.92 bits per heavy atom. The molecule has 0 spiro atoms. The molecule has 0 radical (unpaired) electrons. The van der Waals surface area contributed by atoms with Crippen LogP contribution in [0.2, 0.25) is 0 Å². The topological polar surface area (TPSA) is 66.9 Å². The lowest BCUT2D eigenvalue weighted by Gasteiger charge is -2.09. The summed E-state index contributed by atoms with van der Waals surface area (Å²) in [5.74, 6) is 0. The van der Waals surface area contributed by atoms with Crippen molar-refractivity contribution in [3.63, 3.8) is 0 Å². The number of para-hydroxylation sites is 1. The lowest BCUT2D eigenvalue weighted by Crippen LogP contribution is -2.36. The van der Waals surface area contributed by atoms with Crippen LogP contribution in [0.5, 0.6) is 0 Å². The molecule has 0 saturated heterocycles. The highest BCUT2D eigenvalue weighted by molar-refractivity contribution is 7.09. The Kier molecular flexibility index (Phi) is 5.38. The number of aryl methyl sites for hydroxylation is 1. The van der Waals surface area contributed by atoms with E-state index in [1.165, 1.54) is 0 Å².